The molecule has 6 N–H and O–H groups in total. The Morgan fingerprint density at radius 1 is 1.06 bits per heavy atom. The summed E-state index contributed by atoms with van der Waals surface area (Å²) in [5.41, 5.74) is 0. The zero-order valence-corrected chi connectivity index (χ0v) is 10.1. The van der Waals surface area contributed by atoms with Crippen molar-refractivity contribution in [3.8, 4) is 0 Å². The van der Waals surface area contributed by atoms with Crippen molar-refractivity contribution in [2.24, 2.45) is 5.92 Å². The van der Waals surface area contributed by atoms with Gasteiger partial charge >= 0.3 is 5.97 Å². The minimum atomic E-state index is -2.21. The number of aliphatic carboxylic acids is 1. The van der Waals surface area contributed by atoms with Crippen molar-refractivity contribution in [2.45, 2.75) is 38.3 Å². The van der Waals surface area contributed by atoms with E-state index in [9.17, 15) is 24.9 Å². The standard InChI is InChI=1S/C10H19NO7/c1-4(2)9(16)11-3-5(12)6(13)7(14)8(15)10(17)18/h4-8,12-15H,3H2,1-2H3,(H,11,16)(H,17,18). The van der Waals surface area contributed by atoms with Gasteiger partial charge < -0.3 is 30.8 Å². The van der Waals surface area contributed by atoms with E-state index in [2.05, 4.69) is 5.32 Å². The largest absolute Gasteiger partial charge is 0.479 e. The molecule has 0 saturated carbocycles. The van der Waals surface area contributed by atoms with Crippen LogP contribution >= 0.6 is 0 Å². The molecule has 106 valence electrons. The van der Waals surface area contributed by atoms with Gasteiger partial charge in [0.15, 0.2) is 6.10 Å². The minimum Gasteiger partial charge on any atom is -0.479 e. The number of rotatable bonds is 7. The number of hydrogen-bond donors (Lipinski definition) is 6. The van der Waals surface area contributed by atoms with E-state index in [1.807, 2.05) is 0 Å². The van der Waals surface area contributed by atoms with Crippen molar-refractivity contribution < 1.29 is 35.1 Å². The summed E-state index contributed by atoms with van der Waals surface area (Å²) in [5.74, 6) is -2.40. The summed E-state index contributed by atoms with van der Waals surface area (Å²) in [6, 6.07) is 0. The maximum Gasteiger partial charge on any atom is 0.335 e. The number of nitrogens with one attached hydrogen (secondary N) is 1. The SMILES string of the molecule is CC(C)C(=O)NCC(O)C(O)C(O)C(O)C(=O)O. The Balaban J connectivity index is 4.29. The van der Waals surface area contributed by atoms with Gasteiger partial charge in [-0.15, -0.1) is 0 Å². The van der Waals surface area contributed by atoms with Gasteiger partial charge in [-0.2, -0.15) is 0 Å². The van der Waals surface area contributed by atoms with Crippen LogP contribution in [0, 0.1) is 5.92 Å². The molecule has 0 spiro atoms. The molecule has 8 nitrogen and oxygen atoms in total. The summed E-state index contributed by atoms with van der Waals surface area (Å²) in [4.78, 5) is 21.5. The molecule has 1 amide bonds. The molecule has 8 heteroatoms. The molecule has 0 bridgehead atoms. The van der Waals surface area contributed by atoms with Gasteiger partial charge in [0.1, 0.15) is 12.2 Å². The highest BCUT2D eigenvalue weighted by Gasteiger charge is 2.34. The van der Waals surface area contributed by atoms with Gasteiger partial charge in [0.25, 0.3) is 0 Å². The second-order valence-corrected chi connectivity index (χ2v) is 4.23. The molecule has 0 rings (SSSR count). The minimum absolute atomic E-state index is 0.316. The number of carbonyl (C=O) groups excluding carboxylic acids is 1. The van der Waals surface area contributed by atoms with Crippen molar-refractivity contribution >= 4 is 11.9 Å². The lowest BCUT2D eigenvalue weighted by Crippen LogP contribution is -2.51. The van der Waals surface area contributed by atoms with Crippen LogP contribution in [0.4, 0.5) is 0 Å². The zero-order valence-electron chi connectivity index (χ0n) is 10.1. The van der Waals surface area contributed by atoms with Gasteiger partial charge in [-0.3, -0.25) is 4.79 Å². The topological polar surface area (TPSA) is 147 Å². The Bertz CT molecular complexity index is 294. The van der Waals surface area contributed by atoms with Gasteiger partial charge in [-0.05, 0) is 0 Å². The molecule has 0 aliphatic heterocycles. The van der Waals surface area contributed by atoms with Gasteiger partial charge in [0.2, 0.25) is 5.91 Å². The molecular formula is C10H19NO7. The molecule has 4 unspecified atom stereocenters. The third-order valence-corrected chi connectivity index (χ3v) is 2.33. The summed E-state index contributed by atoms with van der Waals surface area (Å²) in [6.45, 7) is 2.89. The molecular weight excluding hydrogens is 246 g/mol. The van der Waals surface area contributed by atoms with Crippen LogP contribution in [0.15, 0.2) is 0 Å². The highest BCUT2D eigenvalue weighted by Crippen LogP contribution is 2.05. The van der Waals surface area contributed by atoms with E-state index in [1.54, 1.807) is 13.8 Å². The van der Waals surface area contributed by atoms with E-state index in [1.165, 1.54) is 0 Å². The molecule has 18 heavy (non-hydrogen) atoms. The van der Waals surface area contributed by atoms with Crippen molar-refractivity contribution in [1.82, 2.24) is 5.32 Å². The molecule has 0 aromatic carbocycles. The lowest BCUT2D eigenvalue weighted by atomic mass is 10.0. The summed E-state index contributed by atoms with van der Waals surface area (Å²) >= 11 is 0. The Morgan fingerprint density at radius 2 is 1.56 bits per heavy atom. The fourth-order valence-electron chi connectivity index (χ4n) is 1.09. The highest BCUT2D eigenvalue weighted by molar-refractivity contribution is 5.77. The predicted molar refractivity (Wildman–Crippen MR) is 59.5 cm³/mol. The van der Waals surface area contributed by atoms with E-state index in [4.69, 9.17) is 10.2 Å². The maximum atomic E-state index is 11.2. The number of hydrogen-bond acceptors (Lipinski definition) is 6. The molecule has 0 aliphatic rings. The monoisotopic (exact) mass is 265 g/mol. The van der Waals surface area contributed by atoms with E-state index >= 15 is 0 Å². The third kappa shape index (κ3) is 4.96. The van der Waals surface area contributed by atoms with Gasteiger partial charge in [0, 0.05) is 12.5 Å². The fourth-order valence-corrected chi connectivity index (χ4v) is 1.09. The molecule has 0 aromatic heterocycles. The van der Waals surface area contributed by atoms with Crippen molar-refractivity contribution in [3.63, 3.8) is 0 Å². The lowest BCUT2D eigenvalue weighted by Gasteiger charge is -2.25. The number of carboxylic acid groups (broad SMARTS) is 1. The fraction of sp³-hybridized carbons (Fsp3) is 0.800. The summed E-state index contributed by atoms with van der Waals surface area (Å²) in [7, 11) is 0. The van der Waals surface area contributed by atoms with Crippen LogP contribution in [0.25, 0.3) is 0 Å². The van der Waals surface area contributed by atoms with Gasteiger partial charge in [-0.1, -0.05) is 13.8 Å². The average Bonchev–Trinajstić information content (AvgIpc) is 2.32. The number of carboxylic acids is 1. The molecule has 0 aromatic rings. The summed E-state index contributed by atoms with van der Waals surface area (Å²) in [6.07, 6.45) is -7.73. The average molecular weight is 265 g/mol. The number of aliphatic hydroxyl groups is 4. The zero-order chi connectivity index (χ0) is 14.5. The first kappa shape index (κ1) is 16.8. The normalized spacial score (nSPS) is 17.9. The van der Waals surface area contributed by atoms with E-state index in [0.717, 1.165) is 0 Å². The van der Waals surface area contributed by atoms with Gasteiger partial charge in [0.05, 0.1) is 6.10 Å². The van der Waals surface area contributed by atoms with E-state index in [0.29, 0.717) is 0 Å². The predicted octanol–water partition coefficient (Wildman–Crippen LogP) is -2.71. The second kappa shape index (κ2) is 7.27. The summed E-state index contributed by atoms with van der Waals surface area (Å²) in [5, 5.41) is 47.7. The molecule has 0 saturated heterocycles. The Morgan fingerprint density at radius 3 is 1.94 bits per heavy atom. The highest BCUT2D eigenvalue weighted by atomic mass is 16.4. The Kier molecular flexibility index (Phi) is 6.77. The van der Waals surface area contributed by atoms with Crippen molar-refractivity contribution in [1.29, 1.82) is 0 Å². The first-order chi connectivity index (χ1) is 8.18. The Labute approximate surface area is 104 Å². The number of amides is 1. The number of carbonyl (C=O) groups is 2. The van der Waals surface area contributed by atoms with Crippen LogP contribution in [-0.2, 0) is 9.59 Å². The lowest BCUT2D eigenvalue weighted by molar-refractivity contribution is -0.162. The third-order valence-electron chi connectivity index (χ3n) is 2.33. The molecule has 0 heterocycles. The number of aliphatic hydroxyl groups excluding tert-OH is 4. The smallest absolute Gasteiger partial charge is 0.335 e. The molecule has 0 fully saturated rings. The first-order valence-electron chi connectivity index (χ1n) is 5.41. The summed E-state index contributed by atoms with van der Waals surface area (Å²) < 4.78 is 0. The van der Waals surface area contributed by atoms with Gasteiger partial charge in [-0.25, -0.2) is 4.79 Å². The first-order valence-corrected chi connectivity index (χ1v) is 5.41. The van der Waals surface area contributed by atoms with Crippen LogP contribution in [0.3, 0.4) is 0 Å². The van der Waals surface area contributed by atoms with Crippen LogP contribution in [0.5, 0.6) is 0 Å². The van der Waals surface area contributed by atoms with Crippen LogP contribution in [-0.4, -0.2) is 68.4 Å². The van der Waals surface area contributed by atoms with Crippen LogP contribution < -0.4 is 5.32 Å². The van der Waals surface area contributed by atoms with Crippen LogP contribution in [0.1, 0.15) is 13.8 Å². The second-order valence-electron chi connectivity index (χ2n) is 4.23. The van der Waals surface area contributed by atoms with E-state index < -0.39 is 30.4 Å². The molecule has 4 atom stereocenters. The van der Waals surface area contributed by atoms with Crippen molar-refractivity contribution in [2.75, 3.05) is 6.54 Å². The van der Waals surface area contributed by atoms with Crippen molar-refractivity contribution in [3.05, 3.63) is 0 Å². The van der Waals surface area contributed by atoms with Crippen LogP contribution in [0.2, 0.25) is 0 Å². The Hall–Kier alpha value is -1.22. The van der Waals surface area contributed by atoms with E-state index in [-0.39, 0.29) is 18.4 Å². The molecule has 0 radical (unpaired) electrons. The quantitative estimate of drug-likeness (QED) is 0.293. The maximum absolute atomic E-state index is 11.2. The molecule has 0 aliphatic carbocycles.